The van der Waals surface area contributed by atoms with Crippen LogP contribution in [-0.4, -0.2) is 37.5 Å². The van der Waals surface area contributed by atoms with Crippen molar-refractivity contribution in [3.63, 3.8) is 0 Å². The summed E-state index contributed by atoms with van der Waals surface area (Å²) in [5.41, 5.74) is 2.07. The van der Waals surface area contributed by atoms with Gasteiger partial charge < -0.3 is 14.5 Å². The maximum atomic E-state index is 13.3. The zero-order chi connectivity index (χ0) is 21.5. The highest BCUT2D eigenvalue weighted by Gasteiger charge is 2.53. The van der Waals surface area contributed by atoms with Crippen LogP contribution in [0, 0.1) is 5.92 Å². The molecule has 9 heteroatoms. The van der Waals surface area contributed by atoms with Gasteiger partial charge in [-0.05, 0) is 42.5 Å². The number of benzene rings is 1. The quantitative estimate of drug-likeness (QED) is 0.290. The van der Waals surface area contributed by atoms with Crippen LogP contribution in [-0.2, 0) is 16.2 Å². The summed E-state index contributed by atoms with van der Waals surface area (Å²) in [7, 11) is 0. The molecule has 0 saturated carbocycles. The molecule has 2 atom stereocenters. The molecule has 1 amide bonds. The molecule has 4 aromatic rings. The Morgan fingerprint density at radius 1 is 1.13 bits per heavy atom. The molecule has 1 aliphatic heterocycles. The first-order valence-corrected chi connectivity index (χ1v) is 9.52. The number of aliphatic hydroxyl groups excluding tert-OH is 1. The average Bonchev–Trinajstić information content (AvgIpc) is 3.52. The molecule has 1 saturated heterocycles. The number of H-pyrrole nitrogens is 1. The lowest BCUT2D eigenvalue weighted by Gasteiger charge is -2.25. The van der Waals surface area contributed by atoms with E-state index in [1.54, 1.807) is 30.3 Å². The molecule has 154 valence electrons. The molecule has 31 heavy (non-hydrogen) atoms. The number of imidazole rings is 1. The van der Waals surface area contributed by atoms with Gasteiger partial charge in [0, 0.05) is 23.6 Å². The lowest BCUT2D eigenvalue weighted by molar-refractivity contribution is -0.135. The Balaban J connectivity index is 1.66. The number of aromatic amines is 1. The highest BCUT2D eigenvalue weighted by molar-refractivity contribution is 6.49. The van der Waals surface area contributed by atoms with Gasteiger partial charge in [-0.15, -0.1) is 0 Å². The number of pyridine rings is 1. The second kappa shape index (κ2) is 7.29. The zero-order valence-electron chi connectivity index (χ0n) is 16.1. The van der Waals surface area contributed by atoms with Crippen LogP contribution < -0.4 is 4.90 Å². The number of anilines is 1. The van der Waals surface area contributed by atoms with Crippen LogP contribution in [0.4, 0.5) is 5.69 Å². The Hall–Kier alpha value is -4.11. The van der Waals surface area contributed by atoms with E-state index in [4.69, 9.17) is 4.42 Å². The van der Waals surface area contributed by atoms with E-state index in [0.717, 1.165) is 0 Å². The first kappa shape index (κ1) is 18.9. The first-order valence-electron chi connectivity index (χ1n) is 9.52. The number of hydrogen-bond donors (Lipinski definition) is 2. The highest BCUT2D eigenvalue weighted by atomic mass is 16.4. The fourth-order valence-electron chi connectivity index (χ4n) is 3.91. The molecule has 0 radical (unpaired) electrons. The number of carbonyl (C=O) groups is 3. The lowest BCUT2D eigenvalue weighted by Crippen LogP contribution is -2.30. The molecular formula is C22H16N4O5. The number of hydrogen-bond acceptors (Lipinski definition) is 7. The van der Waals surface area contributed by atoms with Crippen LogP contribution in [0.25, 0.3) is 11.0 Å². The summed E-state index contributed by atoms with van der Waals surface area (Å²) in [4.78, 5) is 51.7. The molecule has 1 fully saturated rings. The number of aromatic nitrogens is 3. The molecule has 1 aromatic carbocycles. The van der Waals surface area contributed by atoms with Crippen molar-refractivity contribution in [3.05, 3.63) is 78.3 Å². The van der Waals surface area contributed by atoms with Crippen molar-refractivity contribution in [3.8, 4) is 0 Å². The van der Waals surface area contributed by atoms with Gasteiger partial charge in [-0.3, -0.25) is 24.3 Å². The number of rotatable bonds is 5. The fraction of sp³-hybridized carbons (Fsp3) is 0.136. The summed E-state index contributed by atoms with van der Waals surface area (Å²) in [6.45, 7) is -0.350. The molecule has 2 unspecified atom stereocenters. The second-order valence-electron chi connectivity index (χ2n) is 7.13. The smallest absolute Gasteiger partial charge is 0.295 e. The number of furan rings is 1. The number of carbonyl (C=O) groups excluding carboxylic acids is 3. The Kier molecular flexibility index (Phi) is 4.45. The van der Waals surface area contributed by atoms with Gasteiger partial charge in [-0.25, -0.2) is 4.98 Å². The summed E-state index contributed by atoms with van der Waals surface area (Å²) in [5.74, 6) is -2.93. The van der Waals surface area contributed by atoms with E-state index in [2.05, 4.69) is 15.0 Å². The highest BCUT2D eigenvalue weighted by Crippen LogP contribution is 2.42. The van der Waals surface area contributed by atoms with Crippen molar-refractivity contribution in [1.29, 1.82) is 0 Å². The zero-order valence-corrected chi connectivity index (χ0v) is 16.1. The number of aliphatic hydroxyl groups is 1. The summed E-state index contributed by atoms with van der Waals surface area (Å²) in [5, 5.41) is 9.40. The van der Waals surface area contributed by atoms with Crippen molar-refractivity contribution in [2.24, 2.45) is 5.92 Å². The normalized spacial score (nSPS) is 18.8. The maximum absolute atomic E-state index is 13.3. The van der Waals surface area contributed by atoms with Crippen LogP contribution in [0.2, 0.25) is 0 Å². The Labute approximate surface area is 175 Å². The van der Waals surface area contributed by atoms with E-state index in [-0.39, 0.29) is 23.7 Å². The maximum Gasteiger partial charge on any atom is 0.295 e. The minimum atomic E-state index is -1.30. The van der Waals surface area contributed by atoms with Gasteiger partial charge in [-0.2, -0.15) is 0 Å². The lowest BCUT2D eigenvalue weighted by atomic mass is 9.89. The average molecular weight is 416 g/mol. The van der Waals surface area contributed by atoms with Crippen LogP contribution in [0.5, 0.6) is 0 Å². The SMILES string of the molecule is O=C1C(=O)N(c2ccc3nc[nH]c3c2)C(c2ccc(CO)o2)C1C(=O)c1ccncc1. The van der Waals surface area contributed by atoms with Crippen molar-refractivity contribution < 1.29 is 23.9 Å². The minimum absolute atomic E-state index is 0.236. The van der Waals surface area contributed by atoms with Gasteiger partial charge in [0.15, 0.2) is 5.78 Å². The number of nitrogens with one attached hydrogen (secondary N) is 1. The third-order valence-electron chi connectivity index (χ3n) is 5.37. The van der Waals surface area contributed by atoms with Crippen molar-refractivity contribution in [2.75, 3.05) is 4.90 Å². The fourth-order valence-corrected chi connectivity index (χ4v) is 3.91. The number of amides is 1. The van der Waals surface area contributed by atoms with Crippen molar-refractivity contribution in [1.82, 2.24) is 15.0 Å². The van der Waals surface area contributed by atoms with E-state index < -0.39 is 29.4 Å². The van der Waals surface area contributed by atoms with Crippen molar-refractivity contribution >= 4 is 34.2 Å². The Bertz CT molecular complexity index is 1310. The largest absolute Gasteiger partial charge is 0.461 e. The Morgan fingerprint density at radius 3 is 2.68 bits per heavy atom. The number of Topliss-reactive ketones (excluding diaryl/α,β-unsaturated/α-hetero) is 2. The van der Waals surface area contributed by atoms with Crippen LogP contribution in [0.3, 0.4) is 0 Å². The predicted octanol–water partition coefficient (Wildman–Crippen LogP) is 2.20. The summed E-state index contributed by atoms with van der Waals surface area (Å²) in [6.07, 6.45) is 4.42. The molecule has 3 aromatic heterocycles. The number of ketones is 2. The molecule has 5 rings (SSSR count). The van der Waals surface area contributed by atoms with Crippen LogP contribution in [0.15, 0.2) is 65.6 Å². The summed E-state index contributed by atoms with van der Waals surface area (Å²) in [6, 6.07) is 10.2. The predicted molar refractivity (Wildman–Crippen MR) is 108 cm³/mol. The van der Waals surface area contributed by atoms with Gasteiger partial charge in [0.1, 0.15) is 30.1 Å². The second-order valence-corrected chi connectivity index (χ2v) is 7.13. The summed E-state index contributed by atoms with van der Waals surface area (Å²) < 4.78 is 5.67. The van der Waals surface area contributed by atoms with Crippen LogP contribution in [0.1, 0.15) is 27.9 Å². The van der Waals surface area contributed by atoms with Gasteiger partial charge in [0.2, 0.25) is 5.78 Å². The molecule has 0 aliphatic carbocycles. The van der Waals surface area contributed by atoms with Gasteiger partial charge in [0.05, 0.1) is 17.4 Å². The van der Waals surface area contributed by atoms with Gasteiger partial charge >= 0.3 is 0 Å². The molecule has 2 N–H and O–H groups in total. The monoisotopic (exact) mass is 416 g/mol. The minimum Gasteiger partial charge on any atom is -0.461 e. The Morgan fingerprint density at radius 2 is 1.94 bits per heavy atom. The summed E-state index contributed by atoms with van der Waals surface area (Å²) >= 11 is 0. The van der Waals surface area contributed by atoms with E-state index in [1.807, 2.05) is 0 Å². The van der Waals surface area contributed by atoms with E-state index >= 15 is 0 Å². The van der Waals surface area contributed by atoms with E-state index in [9.17, 15) is 19.5 Å². The molecule has 9 nitrogen and oxygen atoms in total. The van der Waals surface area contributed by atoms with E-state index in [0.29, 0.717) is 16.7 Å². The molecule has 0 bridgehead atoms. The standard InChI is InChI=1S/C22H16N4O5/c27-10-14-2-4-17(31-14)19-18(20(28)12-5-7-23-8-6-12)21(29)22(30)26(19)13-1-3-15-16(9-13)25-11-24-15/h1-9,11,18-19,27H,10H2,(H,24,25). The van der Waals surface area contributed by atoms with Crippen LogP contribution >= 0.6 is 0 Å². The molecular weight excluding hydrogens is 400 g/mol. The molecule has 4 heterocycles. The third-order valence-corrected chi connectivity index (χ3v) is 5.37. The molecule has 1 aliphatic rings. The van der Waals surface area contributed by atoms with Crippen molar-refractivity contribution in [2.45, 2.75) is 12.6 Å². The third kappa shape index (κ3) is 3.03. The van der Waals surface area contributed by atoms with Gasteiger partial charge in [0.25, 0.3) is 5.91 Å². The van der Waals surface area contributed by atoms with E-state index in [1.165, 1.54) is 35.8 Å². The van der Waals surface area contributed by atoms with Gasteiger partial charge in [-0.1, -0.05) is 0 Å². The first-order chi connectivity index (χ1) is 15.1. The topological polar surface area (TPSA) is 129 Å². The molecule has 0 spiro atoms. The number of fused-ring (bicyclic) bond motifs is 1. The number of nitrogens with zero attached hydrogens (tertiary/aromatic N) is 3.